The number of hydrogen-bond acceptors (Lipinski definition) is 7. The van der Waals surface area contributed by atoms with Gasteiger partial charge in [-0.2, -0.15) is 4.31 Å². The van der Waals surface area contributed by atoms with Gasteiger partial charge in [-0.1, -0.05) is 6.92 Å². The Hall–Kier alpha value is -2.67. The molecule has 1 aliphatic heterocycles. The van der Waals surface area contributed by atoms with Crippen LogP contribution < -0.4 is 14.8 Å². The van der Waals surface area contributed by atoms with Crippen LogP contribution in [0.4, 0.5) is 11.4 Å². The minimum absolute atomic E-state index is 0.0798. The normalized spacial score (nSPS) is 15.7. The molecule has 180 valence electrons. The van der Waals surface area contributed by atoms with E-state index in [1.165, 1.54) is 53.9 Å². The second-order valence-electron chi connectivity index (χ2n) is 7.60. The molecule has 0 aliphatic carbocycles. The number of hydrogen-bond donors (Lipinski definition) is 2. The number of anilines is 2. The second kappa shape index (κ2) is 10.1. The standard InChI is InChI=1S/C21H28N4O6S2/c1-4-21(26)22-19-15-18(9-10-20(19)31-3)32(27,28)23-16-5-7-17(8-6-16)33(29,30)25-13-11-24(2)12-14-25/h5-10,15,23H,4,11-14H2,1-3H3,(H,22,26). The van der Waals surface area contributed by atoms with Crippen molar-refractivity contribution >= 4 is 37.3 Å². The molecule has 1 aliphatic rings. The van der Waals surface area contributed by atoms with E-state index in [-0.39, 0.29) is 33.5 Å². The first-order valence-electron chi connectivity index (χ1n) is 10.4. The van der Waals surface area contributed by atoms with E-state index in [1.54, 1.807) is 6.92 Å². The summed E-state index contributed by atoms with van der Waals surface area (Å²) in [7, 11) is -4.29. The van der Waals surface area contributed by atoms with E-state index in [1.807, 2.05) is 7.05 Å². The Bertz CT molecular complexity index is 1210. The van der Waals surface area contributed by atoms with Crippen LogP contribution in [0.3, 0.4) is 0 Å². The molecule has 2 aromatic rings. The minimum Gasteiger partial charge on any atom is -0.495 e. The van der Waals surface area contributed by atoms with Gasteiger partial charge in [-0.3, -0.25) is 9.52 Å². The van der Waals surface area contributed by atoms with Gasteiger partial charge in [0.05, 0.1) is 22.6 Å². The minimum atomic E-state index is -4.00. The zero-order chi connectivity index (χ0) is 24.2. The van der Waals surface area contributed by atoms with Gasteiger partial charge in [0.2, 0.25) is 15.9 Å². The molecule has 3 rings (SSSR count). The number of rotatable bonds is 8. The number of likely N-dealkylation sites (N-methyl/N-ethyl adjacent to an activating group) is 1. The van der Waals surface area contributed by atoms with Gasteiger partial charge in [-0.05, 0) is 49.5 Å². The third-order valence-electron chi connectivity index (χ3n) is 5.28. The van der Waals surface area contributed by atoms with Crippen LogP contribution in [0, 0.1) is 0 Å². The maximum atomic E-state index is 12.9. The number of amides is 1. The van der Waals surface area contributed by atoms with Gasteiger partial charge < -0.3 is 15.0 Å². The van der Waals surface area contributed by atoms with Gasteiger partial charge in [0.15, 0.2) is 0 Å². The smallest absolute Gasteiger partial charge is 0.261 e. The first-order valence-corrected chi connectivity index (χ1v) is 13.3. The number of benzene rings is 2. The van der Waals surface area contributed by atoms with Crippen LogP contribution in [0.5, 0.6) is 5.75 Å². The van der Waals surface area contributed by atoms with Gasteiger partial charge in [-0.15, -0.1) is 0 Å². The van der Waals surface area contributed by atoms with Crippen molar-refractivity contribution in [2.75, 3.05) is 50.4 Å². The molecule has 0 saturated carbocycles. The molecule has 1 saturated heterocycles. The van der Waals surface area contributed by atoms with Crippen molar-refractivity contribution in [2.24, 2.45) is 0 Å². The average molecular weight is 497 g/mol. The third kappa shape index (κ3) is 5.82. The highest BCUT2D eigenvalue weighted by atomic mass is 32.2. The number of nitrogens with zero attached hydrogens (tertiary/aromatic N) is 2. The molecule has 2 aromatic carbocycles. The second-order valence-corrected chi connectivity index (χ2v) is 11.2. The number of methoxy groups -OCH3 is 1. The zero-order valence-electron chi connectivity index (χ0n) is 18.7. The summed E-state index contributed by atoms with van der Waals surface area (Å²) >= 11 is 0. The lowest BCUT2D eigenvalue weighted by atomic mass is 10.3. The van der Waals surface area contributed by atoms with E-state index < -0.39 is 20.0 Å². The molecule has 0 aromatic heterocycles. The highest BCUT2D eigenvalue weighted by molar-refractivity contribution is 7.92. The Kier molecular flexibility index (Phi) is 7.62. The third-order valence-corrected chi connectivity index (χ3v) is 8.57. The summed E-state index contributed by atoms with van der Waals surface area (Å²) in [5.41, 5.74) is 0.447. The number of piperazine rings is 1. The first kappa shape index (κ1) is 25.0. The molecule has 0 bridgehead atoms. The lowest BCUT2D eigenvalue weighted by Gasteiger charge is -2.31. The van der Waals surface area contributed by atoms with Gasteiger partial charge in [-0.25, -0.2) is 16.8 Å². The monoisotopic (exact) mass is 496 g/mol. The van der Waals surface area contributed by atoms with Crippen LogP contribution >= 0.6 is 0 Å². The topological polar surface area (TPSA) is 125 Å². The van der Waals surface area contributed by atoms with Crippen molar-refractivity contribution in [2.45, 2.75) is 23.1 Å². The molecule has 1 amide bonds. The first-order chi connectivity index (χ1) is 15.6. The number of carbonyl (C=O) groups excluding carboxylic acids is 1. The van der Waals surface area contributed by atoms with Crippen LogP contribution in [-0.2, 0) is 24.8 Å². The molecular formula is C21H28N4O6S2. The fraction of sp³-hybridized carbons (Fsp3) is 0.381. The molecule has 1 heterocycles. The maximum absolute atomic E-state index is 12.9. The fourth-order valence-corrected chi connectivity index (χ4v) is 5.78. The van der Waals surface area contributed by atoms with Crippen LogP contribution in [-0.4, -0.2) is 72.3 Å². The van der Waals surface area contributed by atoms with Crippen molar-refractivity contribution in [1.82, 2.24) is 9.21 Å². The molecular weight excluding hydrogens is 468 g/mol. The Labute approximate surface area is 194 Å². The lowest BCUT2D eigenvalue weighted by Crippen LogP contribution is -2.46. The molecule has 12 heteroatoms. The fourth-order valence-electron chi connectivity index (χ4n) is 3.28. The van der Waals surface area contributed by atoms with Crippen LogP contribution in [0.15, 0.2) is 52.3 Å². The summed E-state index contributed by atoms with van der Waals surface area (Å²) in [6.07, 6.45) is 0.224. The Morgan fingerprint density at radius 2 is 1.58 bits per heavy atom. The number of sulfonamides is 2. The summed E-state index contributed by atoms with van der Waals surface area (Å²) in [5, 5.41) is 2.61. The lowest BCUT2D eigenvalue weighted by molar-refractivity contribution is -0.115. The van der Waals surface area contributed by atoms with Crippen molar-refractivity contribution in [3.8, 4) is 5.75 Å². The molecule has 10 nitrogen and oxygen atoms in total. The van der Waals surface area contributed by atoms with E-state index in [4.69, 9.17) is 4.74 Å². The molecule has 0 atom stereocenters. The highest BCUT2D eigenvalue weighted by Crippen LogP contribution is 2.29. The maximum Gasteiger partial charge on any atom is 0.261 e. The van der Waals surface area contributed by atoms with Crippen LogP contribution in [0.2, 0.25) is 0 Å². The Morgan fingerprint density at radius 1 is 0.970 bits per heavy atom. The average Bonchev–Trinajstić information content (AvgIpc) is 2.79. The van der Waals surface area contributed by atoms with Gasteiger partial charge >= 0.3 is 0 Å². The van der Waals surface area contributed by atoms with Gasteiger partial charge in [0.1, 0.15) is 5.75 Å². The van der Waals surface area contributed by atoms with Crippen LogP contribution in [0.25, 0.3) is 0 Å². The number of carbonyl (C=O) groups is 1. The molecule has 0 spiro atoms. The largest absolute Gasteiger partial charge is 0.495 e. The van der Waals surface area contributed by atoms with Crippen molar-refractivity contribution in [3.05, 3.63) is 42.5 Å². The van der Waals surface area contributed by atoms with E-state index in [2.05, 4.69) is 14.9 Å². The molecule has 0 unspecified atom stereocenters. The number of ether oxygens (including phenoxy) is 1. The Morgan fingerprint density at radius 3 is 2.15 bits per heavy atom. The molecule has 0 radical (unpaired) electrons. The van der Waals surface area contributed by atoms with Crippen molar-refractivity contribution in [3.63, 3.8) is 0 Å². The summed E-state index contributed by atoms with van der Waals surface area (Å²) in [6, 6.07) is 9.69. The highest BCUT2D eigenvalue weighted by Gasteiger charge is 2.27. The molecule has 1 fully saturated rings. The summed E-state index contributed by atoms with van der Waals surface area (Å²) in [4.78, 5) is 13.8. The van der Waals surface area contributed by atoms with E-state index in [0.717, 1.165) is 0 Å². The van der Waals surface area contributed by atoms with E-state index in [9.17, 15) is 21.6 Å². The molecule has 33 heavy (non-hydrogen) atoms. The molecule has 2 N–H and O–H groups in total. The van der Waals surface area contributed by atoms with E-state index in [0.29, 0.717) is 31.9 Å². The van der Waals surface area contributed by atoms with E-state index >= 15 is 0 Å². The van der Waals surface area contributed by atoms with Gasteiger partial charge in [0, 0.05) is 38.3 Å². The predicted octanol–water partition coefficient (Wildman–Crippen LogP) is 1.78. The summed E-state index contributed by atoms with van der Waals surface area (Å²) in [6.45, 7) is 3.79. The zero-order valence-corrected chi connectivity index (χ0v) is 20.4. The predicted molar refractivity (Wildman–Crippen MR) is 125 cm³/mol. The van der Waals surface area contributed by atoms with Crippen molar-refractivity contribution in [1.29, 1.82) is 0 Å². The summed E-state index contributed by atoms with van der Waals surface area (Å²) in [5.74, 6) is 0.0437. The quantitative estimate of drug-likeness (QED) is 0.571. The SMILES string of the molecule is CCC(=O)Nc1cc(S(=O)(=O)Nc2ccc(S(=O)(=O)N3CCN(C)CC3)cc2)ccc1OC. The van der Waals surface area contributed by atoms with Crippen molar-refractivity contribution < 1.29 is 26.4 Å². The van der Waals surface area contributed by atoms with Crippen LogP contribution in [0.1, 0.15) is 13.3 Å². The number of nitrogens with one attached hydrogen (secondary N) is 2. The van der Waals surface area contributed by atoms with Gasteiger partial charge in [0.25, 0.3) is 10.0 Å². The Balaban J connectivity index is 1.79. The summed E-state index contributed by atoms with van der Waals surface area (Å²) < 4.78 is 60.5.